The fraction of sp³-hybridized carbons (Fsp3) is 0.250. The number of nitrogens with zero attached hydrogens (tertiary/aromatic N) is 1. The molecule has 1 fully saturated rings. The van der Waals surface area contributed by atoms with Crippen molar-refractivity contribution in [2.45, 2.75) is 6.92 Å². The molecule has 122 valence electrons. The van der Waals surface area contributed by atoms with Crippen LogP contribution in [0.4, 0.5) is 5.69 Å². The second-order valence-corrected chi connectivity index (χ2v) is 6.28. The van der Waals surface area contributed by atoms with Crippen molar-refractivity contribution in [3.63, 3.8) is 0 Å². The highest BCUT2D eigenvalue weighted by Crippen LogP contribution is 2.25. The maximum atomic E-state index is 12.4. The Kier molecular flexibility index (Phi) is 3.82. The molecule has 1 aromatic heterocycles. The van der Waals surface area contributed by atoms with Gasteiger partial charge in [0.2, 0.25) is 0 Å². The van der Waals surface area contributed by atoms with E-state index in [9.17, 15) is 4.79 Å². The molecular weight excluding hydrogens is 300 g/mol. The topological polar surface area (TPSA) is 45.5 Å². The number of aryl methyl sites for hydroxylation is 1. The molecule has 0 unspecified atom stereocenters. The van der Waals surface area contributed by atoms with Crippen molar-refractivity contribution < 1.29 is 4.42 Å². The van der Waals surface area contributed by atoms with E-state index in [0.29, 0.717) is 11.1 Å². The summed E-state index contributed by atoms with van der Waals surface area (Å²) in [6, 6.07) is 16.0. The summed E-state index contributed by atoms with van der Waals surface area (Å²) in [5.74, 6) is 0. The van der Waals surface area contributed by atoms with Gasteiger partial charge >= 0.3 is 5.63 Å². The molecule has 4 heteroatoms. The van der Waals surface area contributed by atoms with Crippen molar-refractivity contribution in [2.75, 3.05) is 31.1 Å². The van der Waals surface area contributed by atoms with E-state index in [1.807, 2.05) is 49.4 Å². The molecule has 0 aliphatic carbocycles. The van der Waals surface area contributed by atoms with Crippen LogP contribution in [0, 0.1) is 6.92 Å². The third-order valence-electron chi connectivity index (χ3n) is 4.53. The van der Waals surface area contributed by atoms with Crippen LogP contribution in [0.1, 0.15) is 5.56 Å². The van der Waals surface area contributed by atoms with E-state index in [2.05, 4.69) is 16.3 Å². The summed E-state index contributed by atoms with van der Waals surface area (Å²) < 4.78 is 5.62. The van der Waals surface area contributed by atoms with E-state index in [0.717, 1.165) is 48.4 Å². The summed E-state index contributed by atoms with van der Waals surface area (Å²) in [6.45, 7) is 5.92. The van der Waals surface area contributed by atoms with Gasteiger partial charge in [0.15, 0.2) is 0 Å². The van der Waals surface area contributed by atoms with Crippen molar-refractivity contribution in [1.82, 2.24) is 5.32 Å². The second-order valence-electron chi connectivity index (χ2n) is 6.28. The third-order valence-corrected chi connectivity index (χ3v) is 4.53. The van der Waals surface area contributed by atoms with E-state index in [-0.39, 0.29) is 5.63 Å². The highest BCUT2D eigenvalue weighted by molar-refractivity contribution is 5.84. The van der Waals surface area contributed by atoms with Crippen LogP contribution >= 0.6 is 0 Å². The summed E-state index contributed by atoms with van der Waals surface area (Å²) >= 11 is 0. The molecule has 0 bridgehead atoms. The van der Waals surface area contributed by atoms with Crippen LogP contribution in [0.3, 0.4) is 0 Å². The van der Waals surface area contributed by atoms with E-state index >= 15 is 0 Å². The van der Waals surface area contributed by atoms with Crippen LogP contribution in [0.2, 0.25) is 0 Å². The van der Waals surface area contributed by atoms with Crippen LogP contribution in [0.25, 0.3) is 22.1 Å². The quantitative estimate of drug-likeness (QED) is 0.737. The predicted octanol–water partition coefficient (Wildman–Crippen LogP) is 3.18. The molecule has 2 heterocycles. The zero-order chi connectivity index (χ0) is 16.5. The van der Waals surface area contributed by atoms with Crippen molar-refractivity contribution >= 4 is 16.7 Å². The van der Waals surface area contributed by atoms with Gasteiger partial charge in [-0.2, -0.15) is 0 Å². The Hall–Kier alpha value is -2.59. The summed E-state index contributed by atoms with van der Waals surface area (Å²) in [6.07, 6.45) is 0. The average molecular weight is 320 g/mol. The minimum absolute atomic E-state index is 0.287. The molecule has 0 atom stereocenters. The van der Waals surface area contributed by atoms with Crippen LogP contribution in [-0.4, -0.2) is 26.2 Å². The SMILES string of the molecule is Cc1cccc(-c2cc3ccc(N4CCNCC4)cc3oc2=O)c1. The molecule has 24 heavy (non-hydrogen) atoms. The first kappa shape index (κ1) is 15.0. The van der Waals surface area contributed by atoms with Gasteiger partial charge in [0.05, 0.1) is 5.56 Å². The minimum Gasteiger partial charge on any atom is -0.422 e. The highest BCUT2D eigenvalue weighted by atomic mass is 16.4. The zero-order valence-electron chi connectivity index (χ0n) is 13.7. The Labute approximate surface area is 140 Å². The Morgan fingerprint density at radius 1 is 1.04 bits per heavy atom. The van der Waals surface area contributed by atoms with Gasteiger partial charge in [0.25, 0.3) is 0 Å². The van der Waals surface area contributed by atoms with Gasteiger partial charge in [0, 0.05) is 43.3 Å². The monoisotopic (exact) mass is 320 g/mol. The maximum Gasteiger partial charge on any atom is 0.344 e. The summed E-state index contributed by atoms with van der Waals surface area (Å²) in [7, 11) is 0. The standard InChI is InChI=1S/C20H20N2O2/c1-14-3-2-4-15(11-14)18-12-16-5-6-17(13-19(16)24-20(18)23)22-9-7-21-8-10-22/h2-6,11-13,21H,7-10H2,1H3. The van der Waals surface area contributed by atoms with E-state index < -0.39 is 0 Å². The van der Waals surface area contributed by atoms with Crippen LogP contribution < -0.4 is 15.8 Å². The molecule has 2 aromatic carbocycles. The molecule has 1 N–H and O–H groups in total. The molecule has 3 aromatic rings. The summed E-state index contributed by atoms with van der Waals surface area (Å²) in [5, 5.41) is 4.29. The Bertz CT molecular complexity index is 940. The Morgan fingerprint density at radius 3 is 2.67 bits per heavy atom. The number of fused-ring (bicyclic) bond motifs is 1. The lowest BCUT2D eigenvalue weighted by atomic mass is 10.0. The van der Waals surface area contributed by atoms with E-state index in [1.54, 1.807) is 0 Å². The van der Waals surface area contributed by atoms with Gasteiger partial charge in [-0.05, 0) is 30.7 Å². The number of hydrogen-bond donors (Lipinski definition) is 1. The zero-order valence-corrected chi connectivity index (χ0v) is 13.7. The lowest BCUT2D eigenvalue weighted by Gasteiger charge is -2.29. The number of piperazine rings is 1. The molecular formula is C20H20N2O2. The number of nitrogens with one attached hydrogen (secondary N) is 1. The molecule has 0 amide bonds. The third kappa shape index (κ3) is 2.81. The van der Waals surface area contributed by atoms with Crippen molar-refractivity contribution in [3.8, 4) is 11.1 Å². The van der Waals surface area contributed by atoms with E-state index in [1.165, 1.54) is 0 Å². The smallest absolute Gasteiger partial charge is 0.344 e. The Balaban J connectivity index is 1.77. The first-order valence-electron chi connectivity index (χ1n) is 8.31. The molecule has 1 saturated heterocycles. The first-order valence-corrected chi connectivity index (χ1v) is 8.31. The molecule has 4 rings (SSSR count). The maximum absolute atomic E-state index is 12.4. The summed E-state index contributed by atoms with van der Waals surface area (Å²) in [5.41, 5.74) is 4.10. The molecule has 1 aliphatic rings. The van der Waals surface area contributed by atoms with Crippen molar-refractivity contribution in [2.24, 2.45) is 0 Å². The molecule has 0 saturated carbocycles. The van der Waals surface area contributed by atoms with Crippen LogP contribution in [0.15, 0.2) is 57.7 Å². The highest BCUT2D eigenvalue weighted by Gasteiger charge is 2.13. The lowest BCUT2D eigenvalue weighted by molar-refractivity contribution is 0.561. The molecule has 0 radical (unpaired) electrons. The van der Waals surface area contributed by atoms with Crippen LogP contribution in [0.5, 0.6) is 0 Å². The first-order chi connectivity index (χ1) is 11.7. The predicted molar refractivity (Wildman–Crippen MR) is 97.7 cm³/mol. The summed E-state index contributed by atoms with van der Waals surface area (Å²) in [4.78, 5) is 14.8. The van der Waals surface area contributed by atoms with Crippen molar-refractivity contribution in [3.05, 3.63) is 64.5 Å². The largest absolute Gasteiger partial charge is 0.422 e. The second kappa shape index (κ2) is 6.13. The van der Waals surface area contributed by atoms with Crippen molar-refractivity contribution in [1.29, 1.82) is 0 Å². The number of rotatable bonds is 2. The van der Waals surface area contributed by atoms with Gasteiger partial charge in [-0.1, -0.05) is 29.8 Å². The van der Waals surface area contributed by atoms with Crippen LogP contribution in [-0.2, 0) is 0 Å². The van der Waals surface area contributed by atoms with Gasteiger partial charge in [-0.15, -0.1) is 0 Å². The fourth-order valence-corrected chi connectivity index (χ4v) is 3.23. The Morgan fingerprint density at radius 2 is 1.88 bits per heavy atom. The van der Waals surface area contributed by atoms with Gasteiger partial charge in [-0.3, -0.25) is 0 Å². The molecule has 4 nitrogen and oxygen atoms in total. The fourth-order valence-electron chi connectivity index (χ4n) is 3.23. The van der Waals surface area contributed by atoms with Gasteiger partial charge in [-0.25, -0.2) is 4.79 Å². The molecule has 1 aliphatic heterocycles. The lowest BCUT2D eigenvalue weighted by Crippen LogP contribution is -2.43. The normalized spacial score (nSPS) is 15.0. The van der Waals surface area contributed by atoms with Gasteiger partial charge in [0.1, 0.15) is 5.58 Å². The average Bonchev–Trinajstić information content (AvgIpc) is 2.61. The molecule has 0 spiro atoms. The van der Waals surface area contributed by atoms with E-state index in [4.69, 9.17) is 4.42 Å². The number of anilines is 1. The number of benzene rings is 2. The van der Waals surface area contributed by atoms with Gasteiger partial charge < -0.3 is 14.6 Å². The number of hydrogen-bond acceptors (Lipinski definition) is 4. The minimum atomic E-state index is -0.287.